The van der Waals surface area contributed by atoms with Crippen LogP contribution in [0.25, 0.3) is 0 Å². The minimum Gasteiger partial charge on any atom is -0.494 e. The second kappa shape index (κ2) is 7.51. The molecule has 142 valence electrons. The van der Waals surface area contributed by atoms with Gasteiger partial charge in [0.1, 0.15) is 5.75 Å². The molecule has 1 aliphatic rings. The number of guanidine groups is 1. The lowest BCUT2D eigenvalue weighted by atomic mass is 10.2. The molecule has 0 saturated carbocycles. The zero-order chi connectivity index (χ0) is 19.5. The van der Waals surface area contributed by atoms with Gasteiger partial charge in [0.2, 0.25) is 0 Å². The first-order chi connectivity index (χ1) is 13.6. The Labute approximate surface area is 162 Å². The van der Waals surface area contributed by atoms with Crippen molar-refractivity contribution < 1.29 is 9.73 Å². The van der Waals surface area contributed by atoms with Crippen LogP contribution < -0.4 is 25.9 Å². The number of nitrogens with one attached hydrogen (secondary N) is 3. The maximum absolute atomic E-state index is 12.6. The van der Waals surface area contributed by atoms with Gasteiger partial charge in [-0.2, -0.15) is 0 Å². The predicted molar refractivity (Wildman–Crippen MR) is 106 cm³/mol. The molecule has 28 heavy (non-hydrogen) atoms. The van der Waals surface area contributed by atoms with Crippen LogP contribution in [0.4, 0.5) is 11.6 Å². The molecule has 3 aromatic rings. The molecular formula is C20H21N6O2+. The van der Waals surface area contributed by atoms with Gasteiger partial charge in [0.15, 0.2) is 6.17 Å². The third kappa shape index (κ3) is 3.57. The smallest absolute Gasteiger partial charge is 0.357 e. The summed E-state index contributed by atoms with van der Waals surface area (Å²) in [7, 11) is 0. The number of ether oxygens (including phenoxy) is 1. The minimum atomic E-state index is -0.434. The summed E-state index contributed by atoms with van der Waals surface area (Å²) in [5.74, 6) is 1.89. The molecule has 0 bridgehead atoms. The van der Waals surface area contributed by atoms with E-state index < -0.39 is 6.17 Å². The molecule has 0 fully saturated rings. The molecular weight excluding hydrogens is 356 g/mol. The van der Waals surface area contributed by atoms with Crippen LogP contribution in [-0.4, -0.2) is 27.1 Å². The Morgan fingerprint density at radius 3 is 2.82 bits per heavy atom. The van der Waals surface area contributed by atoms with Crippen LogP contribution in [0.5, 0.6) is 5.75 Å². The third-order valence-corrected chi connectivity index (χ3v) is 4.29. The molecule has 0 saturated heterocycles. The van der Waals surface area contributed by atoms with Crippen molar-refractivity contribution >= 4 is 17.6 Å². The van der Waals surface area contributed by atoms with Crippen LogP contribution in [0.1, 0.15) is 24.3 Å². The van der Waals surface area contributed by atoms with E-state index in [2.05, 4.69) is 25.6 Å². The summed E-state index contributed by atoms with van der Waals surface area (Å²) in [5.41, 5.74) is 2.23. The van der Waals surface area contributed by atoms with Crippen LogP contribution in [0.15, 0.2) is 59.7 Å². The number of anilines is 2. The van der Waals surface area contributed by atoms with Crippen molar-refractivity contribution in [2.45, 2.75) is 20.0 Å². The van der Waals surface area contributed by atoms with Gasteiger partial charge < -0.3 is 4.74 Å². The number of rotatable bonds is 4. The summed E-state index contributed by atoms with van der Waals surface area (Å²) in [6, 6.07) is 12.9. The van der Waals surface area contributed by atoms with Crippen LogP contribution in [0.2, 0.25) is 0 Å². The lowest BCUT2D eigenvalue weighted by molar-refractivity contribution is -0.520. The number of aromatic nitrogens is 3. The van der Waals surface area contributed by atoms with E-state index in [0.717, 1.165) is 17.0 Å². The standard InChI is InChI=1S/C20H20N6O2/c1-3-28-16-8-6-15(7-9-16)23-19-24-18(14-5-4-10-21-12-14)26-17(27)11-13(2)22-20(26)25-19/h4-12,18H,3H2,1-2H3,(H2,22,23,24,25)/p+1. The molecule has 4 rings (SSSR count). The number of hydrogen-bond donors (Lipinski definition) is 3. The summed E-state index contributed by atoms with van der Waals surface area (Å²) in [6.07, 6.45) is 2.99. The van der Waals surface area contributed by atoms with Gasteiger partial charge in [-0.3, -0.25) is 14.8 Å². The molecule has 1 aliphatic heterocycles. The van der Waals surface area contributed by atoms with E-state index in [-0.39, 0.29) is 5.56 Å². The molecule has 2 aromatic heterocycles. The van der Waals surface area contributed by atoms with Crippen molar-refractivity contribution in [1.29, 1.82) is 0 Å². The van der Waals surface area contributed by atoms with Gasteiger partial charge in [0, 0.05) is 29.7 Å². The first-order valence-corrected chi connectivity index (χ1v) is 9.04. The highest BCUT2D eigenvalue weighted by Crippen LogP contribution is 2.18. The van der Waals surface area contributed by atoms with Crippen molar-refractivity contribution in [3.05, 3.63) is 76.5 Å². The molecule has 0 radical (unpaired) electrons. The highest BCUT2D eigenvalue weighted by Gasteiger charge is 2.29. The van der Waals surface area contributed by atoms with Gasteiger partial charge in [0.05, 0.1) is 12.3 Å². The van der Waals surface area contributed by atoms with E-state index >= 15 is 0 Å². The van der Waals surface area contributed by atoms with Crippen LogP contribution in [0, 0.1) is 6.92 Å². The highest BCUT2D eigenvalue weighted by molar-refractivity contribution is 5.99. The Hall–Kier alpha value is -3.68. The van der Waals surface area contributed by atoms with Crippen molar-refractivity contribution in [3.8, 4) is 5.75 Å². The van der Waals surface area contributed by atoms with E-state index in [1.165, 1.54) is 6.07 Å². The Morgan fingerprint density at radius 1 is 1.29 bits per heavy atom. The van der Waals surface area contributed by atoms with Crippen molar-refractivity contribution in [1.82, 2.24) is 14.5 Å². The zero-order valence-corrected chi connectivity index (χ0v) is 15.6. The first-order valence-electron chi connectivity index (χ1n) is 9.04. The van der Waals surface area contributed by atoms with Gasteiger partial charge in [-0.15, -0.1) is 0 Å². The summed E-state index contributed by atoms with van der Waals surface area (Å²) >= 11 is 0. The maximum Gasteiger partial charge on any atom is 0.357 e. The monoisotopic (exact) mass is 377 g/mol. The van der Waals surface area contributed by atoms with E-state index in [0.29, 0.717) is 24.2 Å². The SMILES string of the molecule is CCOc1ccc(NC2=[NH+]C(c3cccnc3)n3c(nc(C)cc3=O)N2)cc1. The number of nitrogens with zero attached hydrogens (tertiary/aromatic N) is 3. The third-order valence-electron chi connectivity index (χ3n) is 4.29. The van der Waals surface area contributed by atoms with Crippen LogP contribution >= 0.6 is 0 Å². The van der Waals surface area contributed by atoms with E-state index in [4.69, 9.17) is 4.74 Å². The summed E-state index contributed by atoms with van der Waals surface area (Å²) in [4.78, 5) is 24.6. The molecule has 1 unspecified atom stereocenters. The second-order valence-corrected chi connectivity index (χ2v) is 6.34. The molecule has 8 nitrogen and oxygen atoms in total. The molecule has 0 aliphatic carbocycles. The topological polar surface area (TPSA) is 95.0 Å². The maximum atomic E-state index is 12.6. The van der Waals surface area contributed by atoms with Gasteiger partial charge in [0.25, 0.3) is 11.5 Å². The fourth-order valence-corrected chi connectivity index (χ4v) is 3.08. The normalized spacial score (nSPS) is 15.2. The Bertz CT molecular complexity index is 1060. The number of aryl methyl sites for hydroxylation is 1. The van der Waals surface area contributed by atoms with E-state index in [9.17, 15) is 4.79 Å². The Balaban J connectivity index is 1.70. The minimum absolute atomic E-state index is 0.142. The lowest BCUT2D eigenvalue weighted by Crippen LogP contribution is -2.82. The molecule has 8 heteroatoms. The number of benzene rings is 1. The largest absolute Gasteiger partial charge is 0.494 e. The first kappa shape index (κ1) is 17.7. The van der Waals surface area contributed by atoms with Crippen molar-refractivity contribution in [2.24, 2.45) is 0 Å². The number of fused-ring (bicyclic) bond motifs is 1. The number of hydrogen-bond acceptors (Lipinski definition) is 6. The van der Waals surface area contributed by atoms with Crippen molar-refractivity contribution in [3.63, 3.8) is 0 Å². The van der Waals surface area contributed by atoms with Crippen molar-refractivity contribution in [2.75, 3.05) is 17.2 Å². The van der Waals surface area contributed by atoms with Gasteiger partial charge in [-0.25, -0.2) is 20.2 Å². The van der Waals surface area contributed by atoms with Crippen LogP contribution in [-0.2, 0) is 0 Å². The Kier molecular flexibility index (Phi) is 4.76. The summed E-state index contributed by atoms with van der Waals surface area (Å²) in [5, 5.41) is 6.45. The summed E-state index contributed by atoms with van der Waals surface area (Å²) < 4.78 is 7.05. The average molecular weight is 377 g/mol. The highest BCUT2D eigenvalue weighted by atomic mass is 16.5. The van der Waals surface area contributed by atoms with Crippen LogP contribution in [0.3, 0.4) is 0 Å². The van der Waals surface area contributed by atoms with Gasteiger partial charge in [-0.1, -0.05) is 6.07 Å². The fourth-order valence-electron chi connectivity index (χ4n) is 3.08. The molecule has 3 N–H and O–H groups in total. The average Bonchev–Trinajstić information content (AvgIpc) is 2.69. The van der Waals surface area contributed by atoms with Gasteiger partial charge >= 0.3 is 5.96 Å². The Morgan fingerprint density at radius 2 is 2.11 bits per heavy atom. The van der Waals surface area contributed by atoms with Gasteiger partial charge in [-0.05, 0) is 44.2 Å². The second-order valence-electron chi connectivity index (χ2n) is 6.34. The zero-order valence-electron chi connectivity index (χ0n) is 15.6. The molecule has 1 aromatic carbocycles. The predicted octanol–water partition coefficient (Wildman–Crippen LogP) is 0.867. The number of pyridine rings is 1. The lowest BCUT2D eigenvalue weighted by Gasteiger charge is -2.22. The fraction of sp³-hybridized carbons (Fsp3) is 0.200. The summed E-state index contributed by atoms with van der Waals surface area (Å²) in [6.45, 7) is 4.37. The molecule has 1 atom stereocenters. The quantitative estimate of drug-likeness (QED) is 0.625. The molecule has 0 amide bonds. The van der Waals surface area contributed by atoms with E-state index in [1.54, 1.807) is 23.9 Å². The molecule has 3 heterocycles. The van der Waals surface area contributed by atoms with E-state index in [1.807, 2.05) is 43.3 Å². The molecule has 0 spiro atoms.